The molecule has 1 aliphatic heterocycles. The van der Waals surface area contributed by atoms with Crippen molar-refractivity contribution in [3.63, 3.8) is 0 Å². The summed E-state index contributed by atoms with van der Waals surface area (Å²) < 4.78 is 30.8. The number of halogens is 1. The molecule has 5 aromatic rings. The minimum atomic E-state index is -1.35. The number of amides is 1. The number of nitrogens with zero attached hydrogens (tertiary/aromatic N) is 4. The summed E-state index contributed by atoms with van der Waals surface area (Å²) >= 11 is 6.46. The summed E-state index contributed by atoms with van der Waals surface area (Å²) in [5.74, 6) is -2.35. The van der Waals surface area contributed by atoms with E-state index in [2.05, 4.69) is 20.3 Å². The quantitative estimate of drug-likeness (QED) is 0.107. The number of hydrogen-bond donors (Lipinski definition) is 1. The van der Waals surface area contributed by atoms with Crippen molar-refractivity contribution >= 4 is 52.7 Å². The molecular weight excluding hydrogens is 682 g/mol. The molecule has 4 unspecified atom stereocenters. The number of ether oxygens (including phenoxy) is 5. The van der Waals surface area contributed by atoms with Gasteiger partial charge in [0.2, 0.25) is 5.95 Å². The molecule has 0 aliphatic carbocycles. The van der Waals surface area contributed by atoms with Gasteiger partial charge in [0.1, 0.15) is 23.8 Å². The van der Waals surface area contributed by atoms with E-state index in [1.165, 1.54) is 10.9 Å². The summed E-state index contributed by atoms with van der Waals surface area (Å²) in [6.45, 7) is 4.69. The van der Waals surface area contributed by atoms with Gasteiger partial charge in [0.25, 0.3) is 0 Å². The Bertz CT molecular complexity index is 2040. The van der Waals surface area contributed by atoms with Crippen molar-refractivity contribution < 1.29 is 42.9 Å². The first kappa shape index (κ1) is 35.0. The lowest BCUT2D eigenvalue weighted by molar-refractivity contribution is -0.0606. The van der Waals surface area contributed by atoms with Crippen LogP contribution >= 0.6 is 11.6 Å². The molecule has 262 valence electrons. The number of carbonyl (C=O) groups excluding carboxylic acids is 4. The van der Waals surface area contributed by atoms with Gasteiger partial charge in [-0.3, -0.25) is 9.88 Å². The third kappa shape index (κ3) is 8.31. The number of carbonyl (C=O) groups is 4. The Morgan fingerprint density at radius 2 is 1.31 bits per heavy atom. The number of imidazole rings is 1. The largest absolute Gasteiger partial charge is 0.459 e. The molecule has 2 aromatic heterocycles. The third-order valence-electron chi connectivity index (χ3n) is 7.44. The zero-order valence-electron chi connectivity index (χ0n) is 27.6. The van der Waals surface area contributed by atoms with Crippen molar-refractivity contribution in [2.45, 2.75) is 50.9 Å². The van der Waals surface area contributed by atoms with E-state index in [1.54, 1.807) is 112 Å². The smallest absolute Gasteiger partial charge is 0.414 e. The molecule has 3 heterocycles. The maximum absolute atomic E-state index is 13.5. The van der Waals surface area contributed by atoms with Gasteiger partial charge in [-0.1, -0.05) is 66.2 Å². The predicted octanol–water partition coefficient (Wildman–Crippen LogP) is 6.03. The molecule has 14 nitrogen and oxygen atoms in total. The third-order valence-corrected chi connectivity index (χ3v) is 7.71. The lowest BCUT2D eigenvalue weighted by atomic mass is 10.1. The highest BCUT2D eigenvalue weighted by Gasteiger charge is 2.52. The summed E-state index contributed by atoms with van der Waals surface area (Å²) in [7, 11) is 0. The van der Waals surface area contributed by atoms with Gasteiger partial charge in [-0.05, 0) is 57.2 Å². The molecule has 51 heavy (non-hydrogen) atoms. The van der Waals surface area contributed by atoms with E-state index in [-0.39, 0.29) is 39.0 Å². The highest BCUT2D eigenvalue weighted by Crippen LogP contribution is 2.37. The van der Waals surface area contributed by atoms with Gasteiger partial charge >= 0.3 is 24.0 Å². The second-order valence-electron chi connectivity index (χ2n) is 12.3. The van der Waals surface area contributed by atoms with Crippen LogP contribution in [-0.4, -0.2) is 74.0 Å². The van der Waals surface area contributed by atoms with Crippen LogP contribution in [0.4, 0.5) is 10.7 Å². The molecule has 3 aromatic carbocycles. The number of benzene rings is 3. The zero-order chi connectivity index (χ0) is 36.1. The average molecular weight is 714 g/mol. The molecule has 1 fully saturated rings. The van der Waals surface area contributed by atoms with Crippen molar-refractivity contribution in [2.24, 2.45) is 0 Å². The number of hydrogen-bond acceptors (Lipinski definition) is 12. The van der Waals surface area contributed by atoms with Gasteiger partial charge in [-0.25, -0.2) is 24.2 Å². The van der Waals surface area contributed by atoms with Crippen LogP contribution < -0.4 is 5.32 Å². The Kier molecular flexibility index (Phi) is 10.3. The number of aromatic nitrogens is 4. The van der Waals surface area contributed by atoms with E-state index < -0.39 is 60.7 Å². The van der Waals surface area contributed by atoms with E-state index >= 15 is 0 Å². The van der Waals surface area contributed by atoms with Gasteiger partial charge in [0.15, 0.2) is 29.2 Å². The van der Waals surface area contributed by atoms with Gasteiger partial charge in [0, 0.05) is 0 Å². The topological polar surface area (TPSA) is 170 Å². The van der Waals surface area contributed by atoms with Gasteiger partial charge in [-0.2, -0.15) is 9.97 Å². The lowest BCUT2D eigenvalue weighted by Crippen LogP contribution is -2.41. The number of fused-ring (bicyclic) bond motifs is 1. The van der Waals surface area contributed by atoms with Crippen molar-refractivity contribution in [3.05, 3.63) is 119 Å². The molecule has 15 heteroatoms. The molecule has 4 atom stereocenters. The summed E-state index contributed by atoms with van der Waals surface area (Å²) in [6, 6.07) is 24.7. The Balaban J connectivity index is 1.39. The van der Waals surface area contributed by atoms with Crippen molar-refractivity contribution in [2.75, 3.05) is 11.9 Å². The molecular formula is C36H32ClN5O9. The van der Waals surface area contributed by atoms with Gasteiger partial charge < -0.3 is 23.7 Å². The molecule has 1 N–H and O–H groups in total. The summed E-state index contributed by atoms with van der Waals surface area (Å²) in [6.07, 6.45) is -4.59. The van der Waals surface area contributed by atoms with Crippen LogP contribution in [0.25, 0.3) is 11.2 Å². The number of nitrogens with one attached hydrogen (secondary N) is 1. The average Bonchev–Trinajstić information content (AvgIpc) is 3.68. The Hall–Kier alpha value is -5.86. The molecule has 0 spiro atoms. The monoisotopic (exact) mass is 713 g/mol. The van der Waals surface area contributed by atoms with Crippen LogP contribution in [-0.2, 0) is 23.7 Å². The highest BCUT2D eigenvalue weighted by molar-refractivity contribution is 6.33. The highest BCUT2D eigenvalue weighted by atomic mass is 35.5. The second-order valence-corrected chi connectivity index (χ2v) is 12.6. The van der Waals surface area contributed by atoms with Crippen LogP contribution in [0.5, 0.6) is 0 Å². The minimum absolute atomic E-state index is 0.0712. The van der Waals surface area contributed by atoms with E-state index in [0.29, 0.717) is 0 Å². The number of anilines is 1. The van der Waals surface area contributed by atoms with E-state index in [1.807, 2.05) is 0 Å². The molecule has 0 radical (unpaired) electrons. The van der Waals surface area contributed by atoms with Crippen LogP contribution in [0.15, 0.2) is 97.3 Å². The predicted molar refractivity (Wildman–Crippen MR) is 182 cm³/mol. The van der Waals surface area contributed by atoms with Crippen LogP contribution in [0.3, 0.4) is 0 Å². The number of rotatable bonds is 9. The van der Waals surface area contributed by atoms with E-state index in [4.69, 9.17) is 35.3 Å². The Labute approximate surface area is 296 Å². The summed E-state index contributed by atoms with van der Waals surface area (Å²) in [4.78, 5) is 65.4. The molecule has 1 amide bonds. The van der Waals surface area contributed by atoms with Gasteiger partial charge in [-0.15, -0.1) is 0 Å². The molecule has 0 bridgehead atoms. The first-order chi connectivity index (χ1) is 24.5. The first-order valence-electron chi connectivity index (χ1n) is 15.8. The molecule has 1 aliphatic rings. The van der Waals surface area contributed by atoms with Crippen molar-refractivity contribution in [3.8, 4) is 0 Å². The maximum atomic E-state index is 13.5. The SMILES string of the molecule is CC(C)(C)OC(=O)Nc1nc(Cl)c2ncn(C3OC(COC(=O)c4ccccc4)C(OC(=O)c4ccccc4)C3OC(=O)c3ccccc3)c2n1. The van der Waals surface area contributed by atoms with Crippen molar-refractivity contribution in [1.82, 2.24) is 19.5 Å². The fourth-order valence-corrected chi connectivity index (χ4v) is 5.41. The van der Waals surface area contributed by atoms with Crippen LogP contribution in [0, 0.1) is 0 Å². The van der Waals surface area contributed by atoms with E-state index in [9.17, 15) is 19.2 Å². The minimum Gasteiger partial charge on any atom is -0.459 e. The molecule has 6 rings (SSSR count). The molecule has 0 saturated carbocycles. The maximum Gasteiger partial charge on any atom is 0.414 e. The zero-order valence-corrected chi connectivity index (χ0v) is 28.4. The van der Waals surface area contributed by atoms with Gasteiger partial charge in [0.05, 0.1) is 23.0 Å². The van der Waals surface area contributed by atoms with Crippen LogP contribution in [0.2, 0.25) is 5.15 Å². The Morgan fingerprint density at radius 3 is 1.86 bits per heavy atom. The second kappa shape index (κ2) is 14.9. The fourth-order valence-electron chi connectivity index (χ4n) is 5.20. The summed E-state index contributed by atoms with van der Waals surface area (Å²) in [5.41, 5.74) is 0.113. The lowest BCUT2D eigenvalue weighted by Gasteiger charge is -2.25. The standard InChI is InChI=1S/C36H32ClN5O9/c1-36(2,3)51-35(46)41-34-39-28(37)25-29(40-34)42(20-38-25)30-27(50-33(45)23-17-11-6-12-18-23)26(49-32(44)22-15-9-5-10-16-22)24(48-30)19-47-31(43)21-13-7-4-8-14-21/h4-18,20,24,26-27,30H,19H2,1-3H3,(H,39,40,41,46). The van der Waals surface area contributed by atoms with E-state index in [0.717, 1.165) is 0 Å². The van der Waals surface area contributed by atoms with Crippen molar-refractivity contribution in [1.29, 1.82) is 0 Å². The fraction of sp³-hybridized carbons (Fsp3) is 0.250. The number of esters is 3. The summed E-state index contributed by atoms with van der Waals surface area (Å²) in [5, 5.41) is 2.34. The molecule has 1 saturated heterocycles. The normalized spacial score (nSPS) is 18.5. The Morgan fingerprint density at radius 1 is 0.784 bits per heavy atom. The first-order valence-corrected chi connectivity index (χ1v) is 16.1. The van der Waals surface area contributed by atoms with Crippen LogP contribution in [0.1, 0.15) is 58.1 Å².